The minimum Gasteiger partial charge on any atom is -0.380 e. The molecule has 1 fully saturated rings. The zero-order valence-electron chi connectivity index (χ0n) is 10.7. The van der Waals surface area contributed by atoms with Gasteiger partial charge in [-0.2, -0.15) is 5.10 Å². The molecule has 0 radical (unpaired) electrons. The SMILES string of the molecule is C#CCn1ncc(NC2CCS(=O)(=O)CC2)c(Br)c1=O. The summed E-state index contributed by atoms with van der Waals surface area (Å²) < 4.78 is 24.3. The van der Waals surface area contributed by atoms with E-state index in [0.29, 0.717) is 23.0 Å². The van der Waals surface area contributed by atoms with Crippen molar-refractivity contribution in [2.45, 2.75) is 25.4 Å². The van der Waals surface area contributed by atoms with Gasteiger partial charge < -0.3 is 5.32 Å². The van der Waals surface area contributed by atoms with E-state index in [1.165, 1.54) is 10.9 Å². The van der Waals surface area contributed by atoms with Crippen LogP contribution in [0.25, 0.3) is 0 Å². The molecule has 0 aliphatic carbocycles. The Labute approximate surface area is 125 Å². The molecule has 20 heavy (non-hydrogen) atoms. The van der Waals surface area contributed by atoms with Crippen LogP contribution in [0.15, 0.2) is 15.5 Å². The molecule has 0 unspecified atom stereocenters. The van der Waals surface area contributed by atoms with Crippen LogP contribution < -0.4 is 10.9 Å². The van der Waals surface area contributed by atoms with Crippen molar-refractivity contribution >= 4 is 31.5 Å². The summed E-state index contributed by atoms with van der Waals surface area (Å²) >= 11 is 3.23. The molecule has 0 amide bonds. The zero-order chi connectivity index (χ0) is 14.8. The van der Waals surface area contributed by atoms with Crippen molar-refractivity contribution in [3.05, 3.63) is 21.0 Å². The molecule has 0 spiro atoms. The number of nitrogens with zero attached hydrogens (tertiary/aromatic N) is 2. The summed E-state index contributed by atoms with van der Waals surface area (Å²) in [6.45, 7) is 0.111. The lowest BCUT2D eigenvalue weighted by atomic mass is 10.1. The van der Waals surface area contributed by atoms with Crippen molar-refractivity contribution in [2.75, 3.05) is 16.8 Å². The van der Waals surface area contributed by atoms with Gasteiger partial charge in [-0.1, -0.05) is 5.92 Å². The quantitative estimate of drug-likeness (QED) is 0.800. The van der Waals surface area contributed by atoms with Crippen LogP contribution in [0.1, 0.15) is 12.8 Å². The number of rotatable bonds is 3. The first-order valence-electron chi connectivity index (χ1n) is 6.09. The third-order valence-corrected chi connectivity index (χ3v) is 5.62. The molecule has 1 aliphatic rings. The van der Waals surface area contributed by atoms with Gasteiger partial charge in [-0.3, -0.25) is 4.79 Å². The highest BCUT2D eigenvalue weighted by Gasteiger charge is 2.24. The molecule has 1 aromatic rings. The number of aromatic nitrogens is 2. The lowest BCUT2D eigenvalue weighted by molar-refractivity contribution is 0.559. The van der Waals surface area contributed by atoms with Crippen LogP contribution >= 0.6 is 15.9 Å². The maximum atomic E-state index is 11.9. The van der Waals surface area contributed by atoms with Crippen molar-refractivity contribution in [1.82, 2.24) is 9.78 Å². The van der Waals surface area contributed by atoms with Gasteiger partial charge in [0.2, 0.25) is 0 Å². The first-order chi connectivity index (χ1) is 9.43. The topological polar surface area (TPSA) is 81.1 Å². The third kappa shape index (κ3) is 3.41. The van der Waals surface area contributed by atoms with Crippen molar-refractivity contribution in [3.63, 3.8) is 0 Å². The van der Waals surface area contributed by atoms with E-state index < -0.39 is 9.84 Å². The van der Waals surface area contributed by atoms with Crippen LogP contribution in [0.3, 0.4) is 0 Å². The summed E-state index contributed by atoms with van der Waals surface area (Å²) in [6, 6.07) is 0.0273. The van der Waals surface area contributed by atoms with Crippen molar-refractivity contribution in [3.8, 4) is 12.3 Å². The fourth-order valence-electron chi connectivity index (χ4n) is 2.02. The van der Waals surface area contributed by atoms with Gasteiger partial charge in [-0.15, -0.1) is 6.42 Å². The summed E-state index contributed by atoms with van der Waals surface area (Å²) in [5.74, 6) is 2.70. The number of nitrogens with one attached hydrogen (secondary N) is 1. The van der Waals surface area contributed by atoms with E-state index in [2.05, 4.69) is 32.3 Å². The van der Waals surface area contributed by atoms with Crippen LogP contribution in [0.5, 0.6) is 0 Å². The molecule has 1 saturated heterocycles. The first kappa shape index (κ1) is 15.1. The predicted molar refractivity (Wildman–Crippen MR) is 80.3 cm³/mol. The minimum absolute atomic E-state index is 0.0273. The van der Waals surface area contributed by atoms with Crippen LogP contribution in [0.2, 0.25) is 0 Å². The van der Waals surface area contributed by atoms with Gasteiger partial charge >= 0.3 is 0 Å². The number of anilines is 1. The summed E-state index contributed by atoms with van der Waals surface area (Å²) in [5, 5.41) is 7.13. The fourth-order valence-corrected chi connectivity index (χ4v) is 3.93. The van der Waals surface area contributed by atoms with Gasteiger partial charge in [-0.05, 0) is 28.8 Å². The zero-order valence-corrected chi connectivity index (χ0v) is 13.1. The molecule has 0 atom stereocenters. The highest BCUT2D eigenvalue weighted by molar-refractivity contribution is 9.10. The Balaban J connectivity index is 2.13. The third-order valence-electron chi connectivity index (χ3n) is 3.14. The largest absolute Gasteiger partial charge is 0.380 e. The number of terminal acetylenes is 1. The van der Waals surface area contributed by atoms with E-state index in [4.69, 9.17) is 6.42 Å². The molecule has 6 nitrogen and oxygen atoms in total. The number of sulfone groups is 1. The molecule has 1 aromatic heterocycles. The molecule has 8 heteroatoms. The summed E-state index contributed by atoms with van der Waals surface area (Å²) in [7, 11) is -2.90. The van der Waals surface area contributed by atoms with E-state index in [-0.39, 0.29) is 29.7 Å². The van der Waals surface area contributed by atoms with E-state index in [9.17, 15) is 13.2 Å². The fraction of sp³-hybridized carbons (Fsp3) is 0.500. The number of hydrogen-bond donors (Lipinski definition) is 1. The highest BCUT2D eigenvalue weighted by atomic mass is 79.9. The maximum absolute atomic E-state index is 11.9. The Morgan fingerprint density at radius 1 is 1.50 bits per heavy atom. The smallest absolute Gasteiger partial charge is 0.284 e. The van der Waals surface area contributed by atoms with E-state index in [1.54, 1.807) is 0 Å². The predicted octanol–water partition coefficient (Wildman–Crippen LogP) is 0.628. The lowest BCUT2D eigenvalue weighted by Gasteiger charge is -2.24. The molecule has 2 heterocycles. The van der Waals surface area contributed by atoms with Gasteiger partial charge in [0.25, 0.3) is 5.56 Å². The molecule has 0 bridgehead atoms. The summed E-state index contributed by atoms with van der Waals surface area (Å²) in [4.78, 5) is 11.9. The summed E-state index contributed by atoms with van der Waals surface area (Å²) in [6.07, 6.45) is 7.73. The molecular weight excluding hydrogens is 346 g/mol. The van der Waals surface area contributed by atoms with Crippen molar-refractivity contribution < 1.29 is 8.42 Å². The highest BCUT2D eigenvalue weighted by Crippen LogP contribution is 2.21. The first-order valence-corrected chi connectivity index (χ1v) is 8.70. The molecule has 108 valence electrons. The second kappa shape index (κ2) is 5.97. The molecular formula is C12H14BrN3O3S. The Hall–Kier alpha value is -1.33. The monoisotopic (exact) mass is 359 g/mol. The van der Waals surface area contributed by atoms with Crippen LogP contribution in [0.4, 0.5) is 5.69 Å². The van der Waals surface area contributed by atoms with Gasteiger partial charge in [0.05, 0.1) is 23.4 Å². The van der Waals surface area contributed by atoms with E-state index in [0.717, 1.165) is 0 Å². The van der Waals surface area contributed by atoms with Crippen LogP contribution in [-0.2, 0) is 16.4 Å². The second-order valence-electron chi connectivity index (χ2n) is 4.61. The van der Waals surface area contributed by atoms with E-state index >= 15 is 0 Å². The van der Waals surface area contributed by atoms with Gasteiger partial charge in [0.15, 0.2) is 0 Å². The second-order valence-corrected chi connectivity index (χ2v) is 7.71. The van der Waals surface area contributed by atoms with Crippen LogP contribution in [0, 0.1) is 12.3 Å². The van der Waals surface area contributed by atoms with Crippen molar-refractivity contribution in [2.24, 2.45) is 0 Å². The Morgan fingerprint density at radius 3 is 2.75 bits per heavy atom. The average molecular weight is 360 g/mol. The molecule has 1 aliphatic heterocycles. The maximum Gasteiger partial charge on any atom is 0.284 e. The number of halogens is 1. The Bertz CT molecular complexity index is 692. The average Bonchev–Trinajstić information content (AvgIpc) is 2.41. The normalized spacial score (nSPS) is 18.4. The molecule has 1 N–H and O–H groups in total. The van der Waals surface area contributed by atoms with Crippen molar-refractivity contribution in [1.29, 1.82) is 0 Å². The molecule has 0 aromatic carbocycles. The van der Waals surface area contributed by atoms with Crippen LogP contribution in [-0.4, -0.2) is 35.7 Å². The van der Waals surface area contributed by atoms with Gasteiger partial charge in [0, 0.05) is 6.04 Å². The van der Waals surface area contributed by atoms with Gasteiger partial charge in [-0.25, -0.2) is 13.1 Å². The molecule has 0 saturated carbocycles. The van der Waals surface area contributed by atoms with Gasteiger partial charge in [0.1, 0.15) is 20.9 Å². The Kier molecular flexibility index (Phi) is 4.50. The lowest BCUT2D eigenvalue weighted by Crippen LogP contribution is -2.33. The standard InChI is InChI=1S/C12H14BrN3O3S/c1-2-5-16-12(17)11(13)10(8-14-16)15-9-3-6-20(18,19)7-4-9/h1,8-9,15H,3-7H2. The van der Waals surface area contributed by atoms with E-state index in [1.807, 2.05) is 0 Å². The Morgan fingerprint density at radius 2 is 2.15 bits per heavy atom. The molecule has 2 rings (SSSR count). The number of hydrogen-bond acceptors (Lipinski definition) is 5. The minimum atomic E-state index is -2.90. The summed E-state index contributed by atoms with van der Waals surface area (Å²) in [5.41, 5.74) is 0.254.